The van der Waals surface area contributed by atoms with Crippen LogP contribution < -0.4 is 11.1 Å². The average molecular weight is 200 g/mol. The second kappa shape index (κ2) is 5.55. The van der Waals surface area contributed by atoms with Crippen LogP contribution in [0.5, 0.6) is 0 Å². The summed E-state index contributed by atoms with van der Waals surface area (Å²) in [7, 11) is 0. The third-order valence-electron chi connectivity index (χ3n) is 2.89. The summed E-state index contributed by atoms with van der Waals surface area (Å²) < 4.78 is 0. The molecule has 0 spiro atoms. The van der Waals surface area contributed by atoms with Gasteiger partial charge in [-0.25, -0.2) is 0 Å². The second-order valence-electron chi connectivity index (χ2n) is 4.04. The van der Waals surface area contributed by atoms with Crippen molar-refractivity contribution in [2.75, 3.05) is 6.54 Å². The lowest BCUT2D eigenvalue weighted by Gasteiger charge is -2.29. The van der Waals surface area contributed by atoms with Gasteiger partial charge in [0.15, 0.2) is 0 Å². The van der Waals surface area contributed by atoms with Crippen LogP contribution in [0.15, 0.2) is 0 Å². The molecule has 2 unspecified atom stereocenters. The van der Waals surface area contributed by atoms with Gasteiger partial charge >= 0.3 is 0 Å². The highest BCUT2D eigenvalue weighted by Gasteiger charge is 2.19. The number of thiocarbonyl (C=S) groups is 1. The summed E-state index contributed by atoms with van der Waals surface area (Å²) in [6, 6.07) is 0.697. The summed E-state index contributed by atoms with van der Waals surface area (Å²) >= 11 is 4.83. The summed E-state index contributed by atoms with van der Waals surface area (Å²) in [5.41, 5.74) is 5.43. The maximum atomic E-state index is 5.43. The van der Waals surface area contributed by atoms with Crippen molar-refractivity contribution >= 4 is 17.2 Å². The molecule has 13 heavy (non-hydrogen) atoms. The molecular formula is C10H20N2S. The van der Waals surface area contributed by atoms with E-state index in [9.17, 15) is 0 Å². The molecule has 1 rings (SSSR count). The molecule has 0 heterocycles. The predicted octanol–water partition coefficient (Wildman–Crippen LogP) is 1.83. The van der Waals surface area contributed by atoms with E-state index in [1.807, 2.05) is 0 Å². The molecule has 0 aromatic carbocycles. The molecule has 1 aliphatic rings. The molecule has 76 valence electrons. The molecule has 3 N–H and O–H groups in total. The van der Waals surface area contributed by atoms with E-state index < -0.39 is 0 Å². The minimum atomic E-state index is 0.621. The highest BCUT2D eigenvalue weighted by Crippen LogP contribution is 2.23. The zero-order valence-corrected chi connectivity index (χ0v) is 9.20. The Hall–Kier alpha value is -0.150. The minimum Gasteiger partial charge on any atom is -0.393 e. The fourth-order valence-electron chi connectivity index (χ4n) is 2.00. The molecule has 3 heteroatoms. The standard InChI is InChI=1S/C10H20N2S/c1-8-4-2-3-5-9(8)12-7-6-10(11)13/h8-9,12H,2-7H2,1H3,(H2,11,13). The van der Waals surface area contributed by atoms with Crippen LogP contribution in [0, 0.1) is 5.92 Å². The zero-order chi connectivity index (χ0) is 9.68. The van der Waals surface area contributed by atoms with Crippen LogP contribution in [0.4, 0.5) is 0 Å². The molecule has 0 saturated heterocycles. The summed E-state index contributed by atoms with van der Waals surface area (Å²) in [5.74, 6) is 0.820. The van der Waals surface area contributed by atoms with Crippen LogP contribution in [-0.4, -0.2) is 17.6 Å². The van der Waals surface area contributed by atoms with Crippen molar-refractivity contribution in [2.45, 2.75) is 45.1 Å². The van der Waals surface area contributed by atoms with Gasteiger partial charge in [-0.15, -0.1) is 0 Å². The molecule has 0 bridgehead atoms. The Labute approximate surface area is 86.3 Å². The molecule has 0 aliphatic heterocycles. The van der Waals surface area contributed by atoms with Crippen molar-refractivity contribution in [3.63, 3.8) is 0 Å². The van der Waals surface area contributed by atoms with Gasteiger partial charge in [0.25, 0.3) is 0 Å². The van der Waals surface area contributed by atoms with E-state index in [4.69, 9.17) is 18.0 Å². The first-order chi connectivity index (χ1) is 6.20. The maximum absolute atomic E-state index is 5.43. The fraction of sp³-hybridized carbons (Fsp3) is 0.900. The van der Waals surface area contributed by atoms with E-state index in [0.29, 0.717) is 11.0 Å². The Balaban J connectivity index is 2.15. The van der Waals surface area contributed by atoms with E-state index in [1.54, 1.807) is 0 Å². The number of hydrogen-bond acceptors (Lipinski definition) is 2. The quantitative estimate of drug-likeness (QED) is 0.680. The Bertz CT molecular complexity index is 170. The summed E-state index contributed by atoms with van der Waals surface area (Å²) in [4.78, 5) is 0.621. The topological polar surface area (TPSA) is 38.0 Å². The normalized spacial score (nSPS) is 28.7. The molecule has 0 aromatic rings. The van der Waals surface area contributed by atoms with E-state index in [1.165, 1.54) is 25.7 Å². The molecule has 0 radical (unpaired) electrons. The predicted molar refractivity (Wildman–Crippen MR) is 60.8 cm³/mol. The van der Waals surface area contributed by atoms with Crippen molar-refractivity contribution in [2.24, 2.45) is 11.7 Å². The lowest BCUT2D eigenvalue weighted by Crippen LogP contribution is -2.38. The average Bonchev–Trinajstić information content (AvgIpc) is 2.08. The first kappa shape index (κ1) is 10.9. The van der Waals surface area contributed by atoms with Crippen molar-refractivity contribution in [1.29, 1.82) is 0 Å². The van der Waals surface area contributed by atoms with Crippen LogP contribution in [0.1, 0.15) is 39.0 Å². The van der Waals surface area contributed by atoms with Crippen LogP contribution in [0.25, 0.3) is 0 Å². The second-order valence-corrected chi connectivity index (χ2v) is 4.56. The van der Waals surface area contributed by atoms with Crippen molar-refractivity contribution in [3.8, 4) is 0 Å². The monoisotopic (exact) mass is 200 g/mol. The maximum Gasteiger partial charge on any atom is 0.0740 e. The van der Waals surface area contributed by atoms with E-state index in [2.05, 4.69) is 12.2 Å². The highest BCUT2D eigenvalue weighted by atomic mass is 32.1. The van der Waals surface area contributed by atoms with Crippen molar-refractivity contribution in [1.82, 2.24) is 5.32 Å². The molecule has 2 atom stereocenters. The molecular weight excluding hydrogens is 180 g/mol. The lowest BCUT2D eigenvalue weighted by molar-refractivity contribution is 0.283. The van der Waals surface area contributed by atoms with Crippen molar-refractivity contribution < 1.29 is 0 Å². The van der Waals surface area contributed by atoms with Crippen LogP contribution in [0.3, 0.4) is 0 Å². The molecule has 1 saturated carbocycles. The third-order valence-corrected chi connectivity index (χ3v) is 3.09. The van der Waals surface area contributed by atoms with Gasteiger partial charge < -0.3 is 11.1 Å². The van der Waals surface area contributed by atoms with E-state index in [0.717, 1.165) is 18.9 Å². The minimum absolute atomic E-state index is 0.621. The molecule has 0 amide bonds. The number of rotatable bonds is 4. The highest BCUT2D eigenvalue weighted by molar-refractivity contribution is 7.80. The smallest absolute Gasteiger partial charge is 0.0740 e. The summed E-state index contributed by atoms with van der Waals surface area (Å²) in [6.07, 6.45) is 6.28. The zero-order valence-electron chi connectivity index (χ0n) is 8.38. The summed E-state index contributed by atoms with van der Waals surface area (Å²) in [5, 5.41) is 3.54. The van der Waals surface area contributed by atoms with Gasteiger partial charge in [0, 0.05) is 19.0 Å². The molecule has 1 fully saturated rings. The molecule has 0 aromatic heterocycles. The molecule has 1 aliphatic carbocycles. The Morgan fingerprint density at radius 2 is 2.15 bits per heavy atom. The van der Waals surface area contributed by atoms with Gasteiger partial charge in [-0.3, -0.25) is 0 Å². The van der Waals surface area contributed by atoms with E-state index >= 15 is 0 Å². The summed E-state index contributed by atoms with van der Waals surface area (Å²) in [6.45, 7) is 3.28. The first-order valence-electron chi connectivity index (χ1n) is 5.22. The third kappa shape index (κ3) is 4.05. The largest absolute Gasteiger partial charge is 0.393 e. The van der Waals surface area contributed by atoms with Crippen LogP contribution >= 0.6 is 12.2 Å². The number of hydrogen-bond donors (Lipinski definition) is 2. The van der Waals surface area contributed by atoms with Gasteiger partial charge in [-0.05, 0) is 18.8 Å². The first-order valence-corrected chi connectivity index (χ1v) is 5.62. The Kier molecular flexibility index (Phi) is 4.67. The van der Waals surface area contributed by atoms with Gasteiger partial charge in [0.2, 0.25) is 0 Å². The Morgan fingerprint density at radius 3 is 2.77 bits per heavy atom. The fourth-order valence-corrected chi connectivity index (χ4v) is 2.10. The van der Waals surface area contributed by atoms with E-state index in [-0.39, 0.29) is 0 Å². The Morgan fingerprint density at radius 1 is 1.46 bits per heavy atom. The lowest BCUT2D eigenvalue weighted by atomic mass is 9.86. The van der Waals surface area contributed by atoms with Crippen LogP contribution in [-0.2, 0) is 0 Å². The number of nitrogens with two attached hydrogens (primary N) is 1. The van der Waals surface area contributed by atoms with Crippen LogP contribution in [0.2, 0.25) is 0 Å². The molecule has 2 nitrogen and oxygen atoms in total. The number of nitrogens with one attached hydrogen (secondary N) is 1. The van der Waals surface area contributed by atoms with Gasteiger partial charge in [-0.2, -0.15) is 0 Å². The van der Waals surface area contributed by atoms with Crippen molar-refractivity contribution in [3.05, 3.63) is 0 Å². The van der Waals surface area contributed by atoms with Gasteiger partial charge in [0.05, 0.1) is 4.99 Å². The van der Waals surface area contributed by atoms with Gasteiger partial charge in [0.1, 0.15) is 0 Å². The van der Waals surface area contributed by atoms with Gasteiger partial charge in [-0.1, -0.05) is 32.0 Å². The SMILES string of the molecule is CC1CCCCC1NCCC(N)=S.